The zero-order valence-electron chi connectivity index (χ0n) is 14.3. The van der Waals surface area contributed by atoms with Crippen molar-refractivity contribution in [2.45, 2.75) is 45.6 Å². The summed E-state index contributed by atoms with van der Waals surface area (Å²) in [6.07, 6.45) is 0.0191. The van der Waals surface area contributed by atoms with Crippen molar-refractivity contribution in [2.75, 3.05) is 13.7 Å². The molecule has 2 aromatic rings. The Morgan fingerprint density at radius 1 is 1.26 bits per heavy atom. The minimum absolute atomic E-state index is 0.0191. The molecule has 5 heteroatoms. The van der Waals surface area contributed by atoms with Crippen molar-refractivity contribution in [1.29, 1.82) is 0 Å². The van der Waals surface area contributed by atoms with E-state index in [-0.39, 0.29) is 6.10 Å². The molecule has 1 heterocycles. The number of hydrogen-bond acceptors (Lipinski definition) is 5. The number of aromatic nitrogens is 1. The van der Waals surface area contributed by atoms with Crippen molar-refractivity contribution in [1.82, 2.24) is 9.88 Å². The van der Waals surface area contributed by atoms with Crippen molar-refractivity contribution in [3.05, 3.63) is 52.0 Å². The van der Waals surface area contributed by atoms with E-state index in [4.69, 9.17) is 4.74 Å². The fourth-order valence-electron chi connectivity index (χ4n) is 2.47. The Morgan fingerprint density at radius 2 is 1.96 bits per heavy atom. The molecule has 2 rings (SSSR count). The Hall–Kier alpha value is -1.27. The standard InChI is InChI=1S/C18H26N2O2S/c1-14(22-4)17-19-16(12-23-17)11-20(13-18(2,3)21)10-15-8-6-5-7-9-15/h5-9,12,14,21H,10-11,13H2,1-4H3. The van der Waals surface area contributed by atoms with Crippen LogP contribution in [-0.2, 0) is 17.8 Å². The Kier molecular flexibility index (Phi) is 6.30. The molecule has 1 atom stereocenters. The fraction of sp³-hybridized carbons (Fsp3) is 0.500. The molecule has 0 spiro atoms. The zero-order chi connectivity index (χ0) is 16.9. The predicted molar refractivity (Wildman–Crippen MR) is 94.4 cm³/mol. The van der Waals surface area contributed by atoms with Gasteiger partial charge in [-0.2, -0.15) is 0 Å². The monoisotopic (exact) mass is 334 g/mol. The first-order valence-corrected chi connectivity index (χ1v) is 8.71. The van der Waals surface area contributed by atoms with E-state index >= 15 is 0 Å². The maximum Gasteiger partial charge on any atom is 0.122 e. The van der Waals surface area contributed by atoms with E-state index in [9.17, 15) is 5.11 Å². The number of hydrogen-bond donors (Lipinski definition) is 1. The van der Waals surface area contributed by atoms with Crippen LogP contribution in [0.4, 0.5) is 0 Å². The molecule has 0 bridgehead atoms. The second-order valence-electron chi connectivity index (χ2n) is 6.50. The molecule has 23 heavy (non-hydrogen) atoms. The van der Waals surface area contributed by atoms with Gasteiger partial charge in [0.25, 0.3) is 0 Å². The van der Waals surface area contributed by atoms with E-state index in [0.29, 0.717) is 13.1 Å². The highest BCUT2D eigenvalue weighted by atomic mass is 32.1. The number of aliphatic hydroxyl groups is 1. The van der Waals surface area contributed by atoms with Crippen LogP contribution in [0.5, 0.6) is 0 Å². The van der Waals surface area contributed by atoms with Crippen LogP contribution < -0.4 is 0 Å². The van der Waals surface area contributed by atoms with Crippen LogP contribution >= 0.6 is 11.3 Å². The lowest BCUT2D eigenvalue weighted by molar-refractivity contribution is 0.0302. The molecule has 1 aromatic carbocycles. The van der Waals surface area contributed by atoms with Crippen molar-refractivity contribution < 1.29 is 9.84 Å². The van der Waals surface area contributed by atoms with Gasteiger partial charge < -0.3 is 9.84 Å². The van der Waals surface area contributed by atoms with E-state index in [0.717, 1.165) is 17.2 Å². The van der Waals surface area contributed by atoms with E-state index < -0.39 is 5.60 Å². The molecular formula is C18H26N2O2S. The van der Waals surface area contributed by atoms with Gasteiger partial charge in [-0.1, -0.05) is 30.3 Å². The third kappa shape index (κ3) is 6.03. The molecule has 0 fully saturated rings. The van der Waals surface area contributed by atoms with Gasteiger partial charge in [-0.15, -0.1) is 11.3 Å². The van der Waals surface area contributed by atoms with Gasteiger partial charge in [0, 0.05) is 32.1 Å². The normalized spacial score (nSPS) is 13.5. The number of thiazole rings is 1. The summed E-state index contributed by atoms with van der Waals surface area (Å²) in [4.78, 5) is 6.89. The number of rotatable bonds is 8. The summed E-state index contributed by atoms with van der Waals surface area (Å²) in [5, 5.41) is 13.3. The molecular weight excluding hydrogens is 308 g/mol. The van der Waals surface area contributed by atoms with Crippen molar-refractivity contribution in [3.63, 3.8) is 0 Å². The van der Waals surface area contributed by atoms with Crippen LogP contribution in [0, 0.1) is 0 Å². The molecule has 1 N–H and O–H groups in total. The summed E-state index contributed by atoms with van der Waals surface area (Å²) in [6.45, 7) is 7.77. The molecule has 0 amide bonds. The molecule has 126 valence electrons. The summed E-state index contributed by atoms with van der Waals surface area (Å²) in [5.41, 5.74) is 1.51. The maximum absolute atomic E-state index is 10.2. The van der Waals surface area contributed by atoms with Crippen LogP contribution in [0.3, 0.4) is 0 Å². The first kappa shape index (κ1) is 18.1. The molecule has 0 radical (unpaired) electrons. The molecule has 1 aromatic heterocycles. The summed E-state index contributed by atoms with van der Waals surface area (Å²) < 4.78 is 5.33. The number of benzene rings is 1. The molecule has 0 aliphatic carbocycles. The summed E-state index contributed by atoms with van der Waals surface area (Å²) in [5.74, 6) is 0. The molecule has 0 aliphatic rings. The van der Waals surface area contributed by atoms with Crippen LogP contribution in [0.1, 0.15) is 43.1 Å². The summed E-state index contributed by atoms with van der Waals surface area (Å²) >= 11 is 1.62. The quantitative estimate of drug-likeness (QED) is 0.801. The molecule has 0 saturated carbocycles. The van der Waals surface area contributed by atoms with Gasteiger partial charge in [-0.3, -0.25) is 4.90 Å². The minimum Gasteiger partial charge on any atom is -0.389 e. The lowest BCUT2D eigenvalue weighted by Gasteiger charge is -2.28. The predicted octanol–water partition coefficient (Wildman–Crippen LogP) is 3.62. The van der Waals surface area contributed by atoms with Gasteiger partial charge in [-0.25, -0.2) is 4.98 Å². The third-order valence-electron chi connectivity index (χ3n) is 3.52. The van der Waals surface area contributed by atoms with Crippen LogP contribution in [-0.4, -0.2) is 34.2 Å². The summed E-state index contributed by atoms with van der Waals surface area (Å²) in [6, 6.07) is 10.3. The average Bonchev–Trinajstić information content (AvgIpc) is 2.94. The Labute approximate surface area is 142 Å². The Balaban J connectivity index is 2.09. The zero-order valence-corrected chi connectivity index (χ0v) is 15.1. The molecule has 0 saturated heterocycles. The highest BCUT2D eigenvalue weighted by molar-refractivity contribution is 7.09. The number of methoxy groups -OCH3 is 1. The average molecular weight is 334 g/mol. The molecule has 4 nitrogen and oxygen atoms in total. The maximum atomic E-state index is 10.2. The second kappa shape index (κ2) is 8.02. The topological polar surface area (TPSA) is 45.6 Å². The van der Waals surface area contributed by atoms with Gasteiger partial charge in [-0.05, 0) is 26.3 Å². The van der Waals surface area contributed by atoms with Gasteiger partial charge in [0.2, 0.25) is 0 Å². The molecule has 1 unspecified atom stereocenters. The fourth-order valence-corrected chi connectivity index (χ4v) is 3.31. The van der Waals surface area contributed by atoms with Crippen LogP contribution in [0.15, 0.2) is 35.7 Å². The SMILES string of the molecule is COC(C)c1nc(CN(Cc2ccccc2)CC(C)(C)O)cs1. The largest absolute Gasteiger partial charge is 0.389 e. The van der Waals surface area contributed by atoms with Crippen molar-refractivity contribution in [2.24, 2.45) is 0 Å². The first-order valence-electron chi connectivity index (χ1n) is 7.83. The Bertz CT molecular complexity index is 593. The summed E-state index contributed by atoms with van der Waals surface area (Å²) in [7, 11) is 1.70. The minimum atomic E-state index is -0.743. The number of nitrogens with zero attached hydrogens (tertiary/aromatic N) is 2. The highest BCUT2D eigenvalue weighted by Gasteiger charge is 2.20. The highest BCUT2D eigenvalue weighted by Crippen LogP contribution is 2.22. The lowest BCUT2D eigenvalue weighted by atomic mass is 10.1. The lowest BCUT2D eigenvalue weighted by Crippen LogP contribution is -2.38. The second-order valence-corrected chi connectivity index (χ2v) is 7.39. The van der Waals surface area contributed by atoms with E-state index in [2.05, 4.69) is 27.4 Å². The third-order valence-corrected chi connectivity index (χ3v) is 4.57. The van der Waals surface area contributed by atoms with Crippen LogP contribution in [0.2, 0.25) is 0 Å². The molecule has 0 aliphatic heterocycles. The van der Waals surface area contributed by atoms with Crippen LogP contribution in [0.25, 0.3) is 0 Å². The van der Waals surface area contributed by atoms with Crippen molar-refractivity contribution in [3.8, 4) is 0 Å². The first-order chi connectivity index (χ1) is 10.9. The van der Waals surface area contributed by atoms with E-state index in [1.54, 1.807) is 18.4 Å². The van der Waals surface area contributed by atoms with Gasteiger partial charge in [0.1, 0.15) is 11.1 Å². The van der Waals surface area contributed by atoms with E-state index in [1.165, 1.54) is 5.56 Å². The van der Waals surface area contributed by atoms with Gasteiger partial charge in [0.15, 0.2) is 0 Å². The smallest absolute Gasteiger partial charge is 0.122 e. The Morgan fingerprint density at radius 3 is 2.57 bits per heavy atom. The van der Waals surface area contributed by atoms with E-state index in [1.807, 2.05) is 39.0 Å². The van der Waals surface area contributed by atoms with Gasteiger partial charge >= 0.3 is 0 Å². The van der Waals surface area contributed by atoms with Crippen molar-refractivity contribution >= 4 is 11.3 Å². The van der Waals surface area contributed by atoms with Gasteiger partial charge in [0.05, 0.1) is 11.3 Å². The number of ether oxygens (including phenoxy) is 1.